The van der Waals surface area contributed by atoms with Gasteiger partial charge in [-0.1, -0.05) is 30.3 Å². The fourth-order valence-electron chi connectivity index (χ4n) is 2.44. The Morgan fingerprint density at radius 1 is 1.22 bits per heavy atom. The molecule has 2 heterocycles. The molecule has 18 heavy (non-hydrogen) atoms. The summed E-state index contributed by atoms with van der Waals surface area (Å²) in [6, 6.07) is 10.1. The molecule has 2 fully saturated rings. The highest BCUT2D eigenvalue weighted by Crippen LogP contribution is 2.29. The lowest BCUT2D eigenvalue weighted by molar-refractivity contribution is -0.247. The quantitative estimate of drug-likeness (QED) is 0.768. The van der Waals surface area contributed by atoms with Crippen molar-refractivity contribution >= 4 is 5.97 Å². The van der Waals surface area contributed by atoms with Gasteiger partial charge in [-0.05, 0) is 5.56 Å². The van der Waals surface area contributed by atoms with Gasteiger partial charge in [0.25, 0.3) is 0 Å². The van der Waals surface area contributed by atoms with E-state index in [1.807, 2.05) is 30.3 Å². The van der Waals surface area contributed by atoms with E-state index in [-0.39, 0.29) is 18.2 Å². The number of carbonyl (C=O) groups excluding carboxylic acids is 1. The summed E-state index contributed by atoms with van der Waals surface area (Å²) in [6.45, 7) is 0.596. The molecule has 2 aliphatic rings. The molecule has 1 aromatic carbocycles. The van der Waals surface area contributed by atoms with Gasteiger partial charge in [0.05, 0.1) is 25.2 Å². The van der Waals surface area contributed by atoms with Gasteiger partial charge in [0, 0.05) is 12.8 Å². The predicted octanol–water partition coefficient (Wildman–Crippen LogP) is 2.02. The van der Waals surface area contributed by atoms with Gasteiger partial charge in [0.2, 0.25) is 6.29 Å². The minimum atomic E-state index is -0.411. The first kappa shape index (κ1) is 11.7. The zero-order valence-electron chi connectivity index (χ0n) is 10.1. The van der Waals surface area contributed by atoms with E-state index in [0.29, 0.717) is 19.4 Å². The summed E-state index contributed by atoms with van der Waals surface area (Å²) in [4.78, 5) is 11.2. The molecule has 4 nitrogen and oxygen atoms in total. The second-order valence-corrected chi connectivity index (χ2v) is 4.77. The Morgan fingerprint density at radius 2 is 2.06 bits per heavy atom. The molecule has 2 bridgehead atoms. The number of carbonyl (C=O) groups is 1. The number of fused-ring (bicyclic) bond motifs is 2. The predicted molar refractivity (Wildman–Crippen MR) is 63.6 cm³/mol. The topological polar surface area (TPSA) is 44.8 Å². The summed E-state index contributed by atoms with van der Waals surface area (Å²) in [6.07, 6.45) is 1.42. The van der Waals surface area contributed by atoms with Crippen LogP contribution in [0.15, 0.2) is 30.3 Å². The maximum Gasteiger partial charge on any atom is 0.310 e. The second kappa shape index (κ2) is 5.08. The molecule has 4 heteroatoms. The average Bonchev–Trinajstić information content (AvgIpc) is 2.36. The van der Waals surface area contributed by atoms with Crippen molar-refractivity contribution in [1.29, 1.82) is 0 Å². The number of rotatable bonds is 3. The fourth-order valence-corrected chi connectivity index (χ4v) is 2.44. The lowest BCUT2D eigenvalue weighted by Gasteiger charge is -2.38. The van der Waals surface area contributed by atoms with Gasteiger partial charge in [-0.2, -0.15) is 0 Å². The third-order valence-electron chi connectivity index (χ3n) is 3.31. The van der Waals surface area contributed by atoms with Crippen LogP contribution in [-0.4, -0.2) is 24.5 Å². The van der Waals surface area contributed by atoms with E-state index < -0.39 is 6.29 Å². The maximum atomic E-state index is 11.2. The van der Waals surface area contributed by atoms with Crippen LogP contribution in [-0.2, 0) is 25.6 Å². The number of ether oxygens (including phenoxy) is 3. The molecule has 0 radical (unpaired) electrons. The molecule has 0 aliphatic carbocycles. The molecule has 2 saturated heterocycles. The summed E-state index contributed by atoms with van der Waals surface area (Å²) in [5.74, 6) is -0.155. The standard InChI is InChI=1S/C14H16O4/c15-13-7-12-6-11(8-14(17-12)18-13)16-9-10-4-2-1-3-5-10/h1-5,11-12,14H,6-9H2/t11-,12-,14-/m1/s1. The molecule has 1 aromatic rings. The van der Waals surface area contributed by atoms with Crippen LogP contribution in [0.25, 0.3) is 0 Å². The van der Waals surface area contributed by atoms with Crippen molar-refractivity contribution in [3.05, 3.63) is 35.9 Å². The molecule has 0 spiro atoms. The Kier molecular flexibility index (Phi) is 3.30. The smallest absolute Gasteiger partial charge is 0.310 e. The Hall–Kier alpha value is -1.39. The van der Waals surface area contributed by atoms with E-state index in [0.717, 1.165) is 12.0 Å². The van der Waals surface area contributed by atoms with Crippen molar-refractivity contribution in [3.8, 4) is 0 Å². The third-order valence-corrected chi connectivity index (χ3v) is 3.31. The number of hydrogen-bond acceptors (Lipinski definition) is 4. The Balaban J connectivity index is 1.54. The van der Waals surface area contributed by atoms with Crippen molar-refractivity contribution in [3.63, 3.8) is 0 Å². The molecular formula is C14H16O4. The van der Waals surface area contributed by atoms with Crippen LogP contribution in [0, 0.1) is 0 Å². The average molecular weight is 248 g/mol. The summed E-state index contributed by atoms with van der Waals surface area (Å²) in [7, 11) is 0. The van der Waals surface area contributed by atoms with Crippen LogP contribution in [0.1, 0.15) is 24.8 Å². The van der Waals surface area contributed by atoms with Crippen LogP contribution in [0.2, 0.25) is 0 Å². The first-order valence-electron chi connectivity index (χ1n) is 6.30. The lowest BCUT2D eigenvalue weighted by atomic mass is 10.0. The summed E-state index contributed by atoms with van der Waals surface area (Å²) >= 11 is 0. The molecule has 3 rings (SSSR count). The van der Waals surface area contributed by atoms with Gasteiger partial charge < -0.3 is 14.2 Å². The first-order valence-corrected chi connectivity index (χ1v) is 6.30. The maximum absolute atomic E-state index is 11.2. The first-order chi connectivity index (χ1) is 8.79. The van der Waals surface area contributed by atoms with E-state index in [1.54, 1.807) is 0 Å². The molecule has 0 saturated carbocycles. The Morgan fingerprint density at radius 3 is 2.83 bits per heavy atom. The van der Waals surface area contributed by atoms with Crippen molar-refractivity contribution in [2.45, 2.75) is 44.4 Å². The number of benzene rings is 1. The van der Waals surface area contributed by atoms with Crippen LogP contribution in [0.4, 0.5) is 0 Å². The lowest BCUT2D eigenvalue weighted by Crippen LogP contribution is -2.44. The highest BCUT2D eigenvalue weighted by Gasteiger charge is 2.37. The van der Waals surface area contributed by atoms with Crippen molar-refractivity contribution in [1.82, 2.24) is 0 Å². The van der Waals surface area contributed by atoms with Gasteiger partial charge in [-0.15, -0.1) is 0 Å². The molecule has 0 aromatic heterocycles. The van der Waals surface area contributed by atoms with Crippen molar-refractivity contribution < 1.29 is 19.0 Å². The molecule has 3 atom stereocenters. The number of hydrogen-bond donors (Lipinski definition) is 0. The van der Waals surface area contributed by atoms with Crippen LogP contribution < -0.4 is 0 Å². The summed E-state index contributed by atoms with van der Waals surface area (Å²) < 4.78 is 16.5. The minimum Gasteiger partial charge on any atom is -0.436 e. The molecule has 96 valence electrons. The van der Waals surface area contributed by atoms with E-state index in [9.17, 15) is 4.79 Å². The Labute approximate surface area is 106 Å². The molecule has 0 amide bonds. The van der Waals surface area contributed by atoms with Gasteiger partial charge in [-0.25, -0.2) is 0 Å². The monoisotopic (exact) mass is 248 g/mol. The van der Waals surface area contributed by atoms with Gasteiger partial charge >= 0.3 is 5.97 Å². The van der Waals surface area contributed by atoms with Crippen LogP contribution in [0.5, 0.6) is 0 Å². The second-order valence-electron chi connectivity index (χ2n) is 4.77. The summed E-state index contributed by atoms with van der Waals surface area (Å²) in [5.41, 5.74) is 1.16. The van der Waals surface area contributed by atoms with Crippen LogP contribution >= 0.6 is 0 Å². The largest absolute Gasteiger partial charge is 0.436 e. The van der Waals surface area contributed by atoms with E-state index >= 15 is 0 Å². The number of esters is 1. The molecule has 2 aliphatic heterocycles. The van der Waals surface area contributed by atoms with E-state index in [1.165, 1.54) is 0 Å². The Bertz CT molecular complexity index is 401. The molecule has 0 unspecified atom stereocenters. The van der Waals surface area contributed by atoms with Gasteiger partial charge in [0.1, 0.15) is 0 Å². The third kappa shape index (κ3) is 2.71. The highest BCUT2D eigenvalue weighted by atomic mass is 16.7. The zero-order valence-corrected chi connectivity index (χ0v) is 10.1. The van der Waals surface area contributed by atoms with Crippen LogP contribution in [0.3, 0.4) is 0 Å². The zero-order chi connectivity index (χ0) is 12.4. The van der Waals surface area contributed by atoms with E-state index in [2.05, 4.69) is 0 Å². The normalized spacial score (nSPS) is 30.9. The minimum absolute atomic E-state index is 0.0363. The molecular weight excluding hydrogens is 232 g/mol. The highest BCUT2D eigenvalue weighted by molar-refractivity contribution is 5.70. The summed E-state index contributed by atoms with van der Waals surface area (Å²) in [5, 5.41) is 0. The van der Waals surface area contributed by atoms with Gasteiger partial charge in [0.15, 0.2) is 0 Å². The van der Waals surface area contributed by atoms with Crippen molar-refractivity contribution in [2.24, 2.45) is 0 Å². The van der Waals surface area contributed by atoms with Gasteiger partial charge in [-0.3, -0.25) is 4.79 Å². The molecule has 0 N–H and O–H groups in total. The fraction of sp³-hybridized carbons (Fsp3) is 0.500. The van der Waals surface area contributed by atoms with Crippen molar-refractivity contribution in [2.75, 3.05) is 0 Å². The SMILES string of the molecule is O=C1C[C@H]2C[C@@H](OCc3ccccc3)C[C@@H](O1)O2. The van der Waals surface area contributed by atoms with E-state index in [4.69, 9.17) is 14.2 Å².